The maximum absolute atomic E-state index is 13.2. The Hall–Kier alpha value is -3.23. The molecule has 33 heavy (non-hydrogen) atoms. The summed E-state index contributed by atoms with van der Waals surface area (Å²) < 4.78 is 64.4. The second-order valence-corrected chi connectivity index (χ2v) is 7.50. The van der Waals surface area contributed by atoms with Gasteiger partial charge in [-0.2, -0.15) is 0 Å². The third-order valence-electron chi connectivity index (χ3n) is 4.49. The fraction of sp³-hybridized carbons (Fsp3) is 0.417. The average molecular weight is 469 g/mol. The lowest BCUT2D eigenvalue weighted by Gasteiger charge is -2.28. The van der Waals surface area contributed by atoms with Gasteiger partial charge in [-0.15, -0.1) is 13.2 Å². The van der Waals surface area contributed by atoms with Crippen molar-refractivity contribution < 1.29 is 40.1 Å². The first kappa shape index (κ1) is 22.9. The summed E-state index contributed by atoms with van der Waals surface area (Å²) in [4.78, 5) is 24.8. The van der Waals surface area contributed by atoms with Crippen LogP contribution in [0.3, 0.4) is 0 Å². The second-order valence-electron chi connectivity index (χ2n) is 7.50. The third-order valence-corrected chi connectivity index (χ3v) is 4.49. The van der Waals surface area contributed by atoms with Crippen molar-refractivity contribution in [1.82, 2.24) is 4.90 Å². The summed E-state index contributed by atoms with van der Waals surface area (Å²) in [5, 5.41) is 8.70. The first-order valence-electron chi connectivity index (χ1n) is 11.5. The lowest BCUT2D eigenvalue weighted by molar-refractivity contribution is -0.274. The van der Waals surface area contributed by atoms with Crippen molar-refractivity contribution in [2.24, 2.45) is 0 Å². The van der Waals surface area contributed by atoms with E-state index in [2.05, 4.69) is 4.74 Å². The van der Waals surface area contributed by atoms with Crippen molar-refractivity contribution >= 4 is 11.9 Å². The fourth-order valence-electron chi connectivity index (χ4n) is 2.90. The number of aliphatic carboxylic acids is 1. The number of benzene rings is 2. The molecular formula is C24H28F3NO5. The van der Waals surface area contributed by atoms with Crippen molar-refractivity contribution in [2.75, 3.05) is 6.61 Å². The summed E-state index contributed by atoms with van der Waals surface area (Å²) >= 11 is 0. The van der Waals surface area contributed by atoms with Crippen LogP contribution in [-0.2, 0) is 11.3 Å². The lowest BCUT2D eigenvalue weighted by atomic mass is 10.1. The molecule has 0 aliphatic heterocycles. The summed E-state index contributed by atoms with van der Waals surface area (Å²) in [5.41, 5.74) is 0.110. The third kappa shape index (κ3) is 9.03. The summed E-state index contributed by atoms with van der Waals surface area (Å²) in [6.45, 7) is 1.18. The molecule has 0 saturated carbocycles. The predicted molar refractivity (Wildman–Crippen MR) is 116 cm³/mol. The zero-order valence-corrected chi connectivity index (χ0v) is 18.4. The lowest BCUT2D eigenvalue weighted by Crippen LogP contribution is -2.36. The zero-order chi connectivity index (χ0) is 26.2. The minimum atomic E-state index is -4.87. The number of rotatable bonds is 12. The molecule has 0 atom stereocenters. The van der Waals surface area contributed by atoms with Crippen LogP contribution >= 0.6 is 0 Å². The van der Waals surface area contributed by atoms with Gasteiger partial charge in [0.1, 0.15) is 11.5 Å². The molecule has 1 N–H and O–H groups in total. The van der Waals surface area contributed by atoms with E-state index >= 15 is 0 Å². The normalized spacial score (nSPS) is 12.7. The fourth-order valence-corrected chi connectivity index (χ4v) is 2.90. The van der Waals surface area contributed by atoms with Gasteiger partial charge in [-0.1, -0.05) is 18.2 Å². The Morgan fingerprint density at radius 2 is 1.73 bits per heavy atom. The van der Waals surface area contributed by atoms with Gasteiger partial charge in [0.25, 0.3) is 5.91 Å². The molecule has 0 bridgehead atoms. The van der Waals surface area contributed by atoms with Gasteiger partial charge in [-0.05, 0) is 63.4 Å². The molecule has 1 amide bonds. The van der Waals surface area contributed by atoms with E-state index < -0.39 is 36.5 Å². The highest BCUT2D eigenvalue weighted by Crippen LogP contribution is 2.25. The average Bonchev–Trinajstić information content (AvgIpc) is 2.75. The Morgan fingerprint density at radius 3 is 2.33 bits per heavy atom. The molecule has 9 heteroatoms. The van der Waals surface area contributed by atoms with E-state index in [1.54, 1.807) is 32.0 Å². The molecule has 0 unspecified atom stereocenters. The molecule has 0 heterocycles. The van der Waals surface area contributed by atoms with Crippen LogP contribution in [0, 0.1) is 0 Å². The number of carbonyl (C=O) groups excluding carboxylic acids is 1. The van der Waals surface area contributed by atoms with Crippen LogP contribution in [0.15, 0.2) is 48.5 Å². The number of carbonyl (C=O) groups is 2. The van der Waals surface area contributed by atoms with Gasteiger partial charge < -0.3 is 19.5 Å². The van der Waals surface area contributed by atoms with Crippen LogP contribution in [-0.4, -0.2) is 40.9 Å². The molecule has 0 aliphatic rings. The zero-order valence-electron chi connectivity index (χ0n) is 20.4. The van der Waals surface area contributed by atoms with Crippen LogP contribution < -0.4 is 9.47 Å². The number of alkyl halides is 3. The van der Waals surface area contributed by atoms with E-state index in [1.165, 1.54) is 6.07 Å². The molecule has 2 rings (SSSR count). The smallest absolute Gasteiger partial charge is 0.493 e. The predicted octanol–water partition coefficient (Wildman–Crippen LogP) is 5.66. The van der Waals surface area contributed by atoms with Gasteiger partial charge in [0, 0.05) is 30.1 Å². The first-order valence-corrected chi connectivity index (χ1v) is 10.5. The quantitative estimate of drug-likeness (QED) is 0.406. The van der Waals surface area contributed by atoms with Gasteiger partial charge in [0.05, 0.1) is 9.35 Å². The SMILES string of the molecule is [2H]C([2H])(c1ccccc1OCCCCCC(=O)O)N(C(=O)c1ccc(OC(F)(F)F)cc1)C(C)C. The Kier molecular flexibility index (Phi) is 8.43. The Balaban J connectivity index is 2.21. The highest BCUT2D eigenvalue weighted by Gasteiger charge is 2.31. The number of para-hydroxylation sites is 1. The van der Waals surface area contributed by atoms with Crippen molar-refractivity contribution in [3.05, 3.63) is 59.7 Å². The van der Waals surface area contributed by atoms with E-state index in [0.717, 1.165) is 29.2 Å². The second kappa shape index (κ2) is 12.1. The molecule has 6 nitrogen and oxygen atoms in total. The van der Waals surface area contributed by atoms with Crippen LogP contribution in [0.1, 0.15) is 58.2 Å². The number of hydrogen-bond acceptors (Lipinski definition) is 4. The standard InChI is InChI=1S/C24H28F3NO5/c1-17(2)28(23(31)18-11-13-20(14-12-18)33-24(25,26)27)16-19-8-5-6-9-21(19)32-15-7-3-4-10-22(29)30/h5-6,8-9,11-14,17H,3-4,7,10,15-16H2,1-2H3,(H,29,30)/i16D2. The minimum absolute atomic E-state index is 0.00562. The number of unbranched alkanes of at least 4 members (excludes halogenated alkanes) is 2. The van der Waals surface area contributed by atoms with Gasteiger partial charge in [-0.3, -0.25) is 9.59 Å². The maximum atomic E-state index is 13.2. The maximum Gasteiger partial charge on any atom is 0.573 e. The molecule has 0 aliphatic carbocycles. The van der Waals surface area contributed by atoms with Crippen molar-refractivity contribution in [3.8, 4) is 11.5 Å². The summed E-state index contributed by atoms with van der Waals surface area (Å²) in [6.07, 6.45) is -3.10. The summed E-state index contributed by atoms with van der Waals surface area (Å²) in [5.74, 6) is -1.84. The van der Waals surface area contributed by atoms with E-state index in [4.69, 9.17) is 12.6 Å². The minimum Gasteiger partial charge on any atom is -0.493 e. The number of ether oxygens (including phenoxy) is 2. The number of amides is 1. The van der Waals surface area contributed by atoms with Crippen LogP contribution in [0.4, 0.5) is 13.2 Å². The van der Waals surface area contributed by atoms with E-state index in [9.17, 15) is 22.8 Å². The topological polar surface area (TPSA) is 76.1 Å². The largest absolute Gasteiger partial charge is 0.573 e. The first-order chi connectivity index (χ1) is 16.3. The molecule has 0 aromatic heterocycles. The molecule has 180 valence electrons. The van der Waals surface area contributed by atoms with Crippen LogP contribution in [0.5, 0.6) is 11.5 Å². The molecule has 0 fully saturated rings. The number of carboxylic acid groups (broad SMARTS) is 1. The molecular weight excluding hydrogens is 439 g/mol. The van der Waals surface area contributed by atoms with Gasteiger partial charge in [0.2, 0.25) is 0 Å². The Labute approximate surface area is 193 Å². The van der Waals surface area contributed by atoms with Gasteiger partial charge >= 0.3 is 12.3 Å². The summed E-state index contributed by atoms with van der Waals surface area (Å²) in [7, 11) is 0. The monoisotopic (exact) mass is 469 g/mol. The van der Waals surface area contributed by atoms with E-state index in [0.29, 0.717) is 19.3 Å². The van der Waals surface area contributed by atoms with Gasteiger partial charge in [0.15, 0.2) is 0 Å². The van der Waals surface area contributed by atoms with E-state index in [-0.39, 0.29) is 29.9 Å². The molecule has 0 spiro atoms. The Bertz CT molecular complexity index is 997. The van der Waals surface area contributed by atoms with Crippen molar-refractivity contribution in [2.45, 2.75) is 58.4 Å². The number of hydrogen-bond donors (Lipinski definition) is 1. The highest BCUT2D eigenvalue weighted by atomic mass is 19.4. The summed E-state index contributed by atoms with van der Waals surface area (Å²) in [6, 6.07) is 10.0. The van der Waals surface area contributed by atoms with Crippen molar-refractivity contribution in [3.63, 3.8) is 0 Å². The molecule has 0 saturated heterocycles. The number of nitrogens with zero attached hydrogens (tertiary/aromatic N) is 1. The highest BCUT2D eigenvalue weighted by molar-refractivity contribution is 5.94. The number of halogens is 3. The number of carboxylic acids is 1. The molecule has 2 aromatic rings. The molecule has 2 aromatic carbocycles. The molecule has 0 radical (unpaired) electrons. The van der Waals surface area contributed by atoms with Crippen LogP contribution in [0.25, 0.3) is 0 Å². The van der Waals surface area contributed by atoms with Crippen LogP contribution in [0.2, 0.25) is 0 Å². The van der Waals surface area contributed by atoms with Crippen molar-refractivity contribution in [1.29, 1.82) is 0 Å². The van der Waals surface area contributed by atoms with Gasteiger partial charge in [-0.25, -0.2) is 0 Å². The Morgan fingerprint density at radius 1 is 1.06 bits per heavy atom. The van der Waals surface area contributed by atoms with E-state index in [1.807, 2.05) is 0 Å².